The van der Waals surface area contributed by atoms with Crippen LogP contribution in [0.1, 0.15) is 65.8 Å². The number of fused-ring (bicyclic) bond motifs is 1. The van der Waals surface area contributed by atoms with E-state index < -0.39 is 0 Å². The number of carbonyl (C=O) groups excluding carboxylic acids is 1. The number of imidazole rings is 1. The zero-order chi connectivity index (χ0) is 25.5. The number of nitrogens with zero attached hydrogens (tertiary/aromatic N) is 7. The Bertz CT molecular complexity index is 1550. The molecule has 1 saturated carbocycles. The van der Waals surface area contributed by atoms with Gasteiger partial charge in [0.25, 0.3) is 5.91 Å². The van der Waals surface area contributed by atoms with Crippen LogP contribution in [0.4, 0.5) is 5.82 Å². The van der Waals surface area contributed by atoms with E-state index in [1.54, 1.807) is 17.6 Å². The number of amides is 1. The molecular formula is C28H27N7O2. The number of aliphatic hydroxyl groups is 1. The van der Waals surface area contributed by atoms with Crippen molar-refractivity contribution in [1.29, 1.82) is 0 Å². The Morgan fingerprint density at radius 2 is 2.05 bits per heavy atom. The molecule has 186 valence electrons. The lowest BCUT2D eigenvalue weighted by Gasteiger charge is -2.29. The van der Waals surface area contributed by atoms with Crippen LogP contribution >= 0.6 is 0 Å². The van der Waals surface area contributed by atoms with E-state index in [4.69, 9.17) is 4.98 Å². The summed E-state index contributed by atoms with van der Waals surface area (Å²) in [5.41, 5.74) is 4.83. The molecule has 9 heteroatoms. The molecule has 1 aliphatic heterocycles. The molecule has 4 heterocycles. The molecule has 6 rings (SSSR count). The topological polar surface area (TPSA) is 102 Å². The Kier molecular flexibility index (Phi) is 5.81. The number of rotatable bonds is 5. The summed E-state index contributed by atoms with van der Waals surface area (Å²) in [6, 6.07) is 9.67. The van der Waals surface area contributed by atoms with Gasteiger partial charge in [0, 0.05) is 35.8 Å². The molecule has 0 radical (unpaired) electrons. The fourth-order valence-corrected chi connectivity index (χ4v) is 4.75. The minimum atomic E-state index is -0.229. The fraction of sp³-hybridized carbons (Fsp3) is 0.321. The van der Waals surface area contributed by atoms with Gasteiger partial charge in [-0.2, -0.15) is 0 Å². The number of hydrogen-bond acceptors (Lipinski definition) is 6. The summed E-state index contributed by atoms with van der Waals surface area (Å²) in [5, 5.41) is 17.6. The second-order valence-corrected chi connectivity index (χ2v) is 9.71. The summed E-state index contributed by atoms with van der Waals surface area (Å²) in [7, 11) is 0. The lowest BCUT2D eigenvalue weighted by molar-refractivity contribution is 0.0980. The Morgan fingerprint density at radius 3 is 2.84 bits per heavy atom. The van der Waals surface area contributed by atoms with Crippen molar-refractivity contribution in [3.63, 3.8) is 0 Å². The first-order chi connectivity index (χ1) is 18.0. The van der Waals surface area contributed by atoms with Crippen LogP contribution in [0.15, 0.2) is 49.2 Å². The van der Waals surface area contributed by atoms with Crippen molar-refractivity contribution in [1.82, 2.24) is 29.3 Å². The molecule has 0 saturated heterocycles. The Balaban J connectivity index is 1.38. The number of benzene rings is 1. The van der Waals surface area contributed by atoms with Crippen molar-refractivity contribution in [2.45, 2.75) is 45.1 Å². The largest absolute Gasteiger partial charge is 0.384 e. The summed E-state index contributed by atoms with van der Waals surface area (Å²) in [5.74, 6) is 7.47. The number of pyridine rings is 1. The molecule has 4 aromatic rings. The van der Waals surface area contributed by atoms with Crippen molar-refractivity contribution in [3.8, 4) is 29.0 Å². The van der Waals surface area contributed by atoms with Crippen molar-refractivity contribution >= 4 is 11.7 Å². The van der Waals surface area contributed by atoms with E-state index in [0.717, 1.165) is 35.3 Å². The molecule has 1 aromatic carbocycles. The van der Waals surface area contributed by atoms with Crippen LogP contribution in [0, 0.1) is 11.8 Å². The molecule has 3 aromatic heterocycles. The van der Waals surface area contributed by atoms with E-state index >= 15 is 0 Å². The highest BCUT2D eigenvalue weighted by atomic mass is 16.2. The van der Waals surface area contributed by atoms with Crippen LogP contribution in [0.5, 0.6) is 0 Å². The van der Waals surface area contributed by atoms with E-state index in [-0.39, 0.29) is 18.6 Å². The molecule has 1 aliphatic carbocycles. The number of anilines is 1. The summed E-state index contributed by atoms with van der Waals surface area (Å²) in [6.45, 7) is 4.40. The van der Waals surface area contributed by atoms with Crippen LogP contribution in [0.25, 0.3) is 17.2 Å². The smallest absolute Gasteiger partial charge is 0.259 e. The first-order valence-corrected chi connectivity index (χ1v) is 12.5. The van der Waals surface area contributed by atoms with Gasteiger partial charge in [0.05, 0.1) is 17.7 Å². The lowest BCUT2D eigenvalue weighted by atomic mass is 9.95. The highest BCUT2D eigenvalue weighted by Crippen LogP contribution is 2.39. The molecule has 0 unspecified atom stereocenters. The lowest BCUT2D eigenvalue weighted by Crippen LogP contribution is -2.38. The summed E-state index contributed by atoms with van der Waals surface area (Å²) in [4.78, 5) is 24.9. The average Bonchev–Trinajstić information content (AvgIpc) is 3.42. The molecule has 0 spiro atoms. The molecule has 37 heavy (non-hydrogen) atoms. The molecule has 0 bridgehead atoms. The predicted octanol–water partition coefficient (Wildman–Crippen LogP) is 3.53. The third-order valence-corrected chi connectivity index (χ3v) is 6.85. The van der Waals surface area contributed by atoms with Gasteiger partial charge in [0.15, 0.2) is 5.82 Å². The maximum Gasteiger partial charge on any atom is 0.259 e. The number of carbonyl (C=O) groups is 1. The fourth-order valence-electron chi connectivity index (χ4n) is 4.75. The second-order valence-electron chi connectivity index (χ2n) is 9.71. The van der Waals surface area contributed by atoms with Gasteiger partial charge in [-0.05, 0) is 62.9 Å². The third-order valence-electron chi connectivity index (χ3n) is 6.85. The van der Waals surface area contributed by atoms with Crippen molar-refractivity contribution < 1.29 is 9.90 Å². The quantitative estimate of drug-likeness (QED) is 0.427. The summed E-state index contributed by atoms with van der Waals surface area (Å²) in [6.07, 6.45) is 8.47. The standard InChI is InChI=1S/C28H27N7O2/c1-18(2)35-17-30-32-27(35)23-6-3-7-26(31-23)34-11-10-20-13-21(5-4-12-36)25(14-22(20)28(34)37)33-15-24(29-16-33)19-8-9-19/h3,6-7,13-19,36H,8-12H2,1-2H3. The van der Waals surface area contributed by atoms with E-state index in [9.17, 15) is 9.90 Å². The van der Waals surface area contributed by atoms with Crippen LogP contribution < -0.4 is 4.90 Å². The van der Waals surface area contributed by atoms with E-state index in [1.165, 1.54) is 0 Å². The predicted molar refractivity (Wildman–Crippen MR) is 139 cm³/mol. The Hall–Kier alpha value is -4.29. The molecule has 9 nitrogen and oxygen atoms in total. The number of hydrogen-bond donors (Lipinski definition) is 1. The Labute approximate surface area is 214 Å². The van der Waals surface area contributed by atoms with E-state index in [0.29, 0.717) is 41.8 Å². The number of aromatic nitrogens is 6. The van der Waals surface area contributed by atoms with Crippen molar-refractivity contribution in [2.24, 2.45) is 0 Å². The molecule has 1 fully saturated rings. The van der Waals surface area contributed by atoms with Gasteiger partial charge in [-0.1, -0.05) is 17.9 Å². The molecular weight excluding hydrogens is 466 g/mol. The zero-order valence-corrected chi connectivity index (χ0v) is 20.8. The van der Waals surface area contributed by atoms with Crippen molar-refractivity contribution in [3.05, 3.63) is 71.6 Å². The summed E-state index contributed by atoms with van der Waals surface area (Å²) < 4.78 is 3.89. The van der Waals surface area contributed by atoms with Gasteiger partial charge in [0.2, 0.25) is 0 Å². The SMILES string of the molecule is CC(C)n1cnnc1-c1cccc(N2CCc3cc(C#CCO)c(-n4cnc(C5CC5)c4)cc3C2=O)n1. The van der Waals surface area contributed by atoms with Gasteiger partial charge < -0.3 is 14.2 Å². The van der Waals surface area contributed by atoms with Crippen LogP contribution in [-0.4, -0.2) is 53.5 Å². The van der Waals surface area contributed by atoms with Crippen LogP contribution in [-0.2, 0) is 6.42 Å². The highest BCUT2D eigenvalue weighted by molar-refractivity contribution is 6.08. The van der Waals surface area contributed by atoms with Gasteiger partial charge >= 0.3 is 0 Å². The molecule has 2 aliphatic rings. The highest BCUT2D eigenvalue weighted by Gasteiger charge is 2.29. The van der Waals surface area contributed by atoms with Crippen molar-refractivity contribution in [2.75, 3.05) is 18.1 Å². The molecule has 1 amide bonds. The van der Waals surface area contributed by atoms with Gasteiger partial charge in [-0.25, -0.2) is 9.97 Å². The summed E-state index contributed by atoms with van der Waals surface area (Å²) >= 11 is 0. The van der Waals surface area contributed by atoms with E-state index in [2.05, 4.69) is 40.9 Å². The monoisotopic (exact) mass is 493 g/mol. The third kappa shape index (κ3) is 4.30. The van der Waals surface area contributed by atoms with Crippen LogP contribution in [0.3, 0.4) is 0 Å². The minimum absolute atomic E-state index is 0.110. The maximum atomic E-state index is 13.8. The van der Waals surface area contributed by atoms with Crippen LogP contribution in [0.2, 0.25) is 0 Å². The minimum Gasteiger partial charge on any atom is -0.384 e. The van der Waals surface area contributed by atoms with Gasteiger partial charge in [0.1, 0.15) is 24.4 Å². The molecule has 1 N–H and O–H groups in total. The average molecular weight is 494 g/mol. The first-order valence-electron chi connectivity index (χ1n) is 12.5. The van der Waals surface area contributed by atoms with Gasteiger partial charge in [-0.3, -0.25) is 9.69 Å². The van der Waals surface area contributed by atoms with Gasteiger partial charge in [-0.15, -0.1) is 10.2 Å². The number of aliphatic hydroxyl groups excluding tert-OH is 1. The molecule has 0 atom stereocenters. The normalized spacial score (nSPS) is 15.0. The second kappa shape index (κ2) is 9.30. The zero-order valence-electron chi connectivity index (χ0n) is 20.8. The Morgan fingerprint density at radius 1 is 1.19 bits per heavy atom. The first kappa shape index (κ1) is 23.1. The van der Waals surface area contributed by atoms with E-state index in [1.807, 2.05) is 45.7 Å². The maximum absolute atomic E-state index is 13.8.